The smallest absolute Gasteiger partial charge is 0.137 e. The lowest BCUT2D eigenvalue weighted by molar-refractivity contribution is 0.334. The van der Waals surface area contributed by atoms with Gasteiger partial charge in [0.1, 0.15) is 5.75 Å². The van der Waals surface area contributed by atoms with Crippen molar-refractivity contribution >= 4 is 11.6 Å². The van der Waals surface area contributed by atoms with Gasteiger partial charge in [-0.1, -0.05) is 17.7 Å². The van der Waals surface area contributed by atoms with Gasteiger partial charge in [-0.15, -0.1) is 0 Å². The topological polar surface area (TPSA) is 12.5 Å². The average molecular weight is 254 g/mol. The summed E-state index contributed by atoms with van der Waals surface area (Å²) in [6, 6.07) is 6.08. The van der Waals surface area contributed by atoms with Gasteiger partial charge in [0.15, 0.2) is 0 Å². The predicted octanol–water partition coefficient (Wildman–Crippen LogP) is 3.38. The summed E-state index contributed by atoms with van der Waals surface area (Å²) in [6.07, 6.45) is 5.05. The van der Waals surface area contributed by atoms with E-state index in [1.165, 1.54) is 44.5 Å². The zero-order chi connectivity index (χ0) is 12.1. The number of ether oxygens (including phenoxy) is 1. The minimum Gasteiger partial charge on any atom is -0.495 e. The molecule has 0 unspecified atom stereocenters. The molecule has 0 radical (unpaired) electrons. The first-order chi connectivity index (χ1) is 8.29. The standard InChI is InChI=1S/C14H20ClNO/c1-17-14-7-6-12(11-13(14)15)5-4-10-16-8-2-3-9-16/h6-7,11H,2-5,8-10H2,1H3. The first kappa shape index (κ1) is 12.7. The second kappa shape index (κ2) is 6.27. The fourth-order valence-electron chi connectivity index (χ4n) is 2.38. The Kier molecular flexibility index (Phi) is 4.69. The highest BCUT2D eigenvalue weighted by atomic mass is 35.5. The molecule has 17 heavy (non-hydrogen) atoms. The van der Waals surface area contributed by atoms with Gasteiger partial charge in [-0.2, -0.15) is 0 Å². The van der Waals surface area contributed by atoms with Gasteiger partial charge < -0.3 is 9.64 Å². The van der Waals surface area contributed by atoms with Crippen LogP contribution in [0.2, 0.25) is 5.02 Å². The van der Waals surface area contributed by atoms with Crippen LogP contribution in [-0.4, -0.2) is 31.6 Å². The number of rotatable bonds is 5. The van der Waals surface area contributed by atoms with Crippen molar-refractivity contribution < 1.29 is 4.74 Å². The molecule has 3 heteroatoms. The average Bonchev–Trinajstić information content (AvgIpc) is 2.82. The van der Waals surface area contributed by atoms with Crippen LogP contribution in [0.15, 0.2) is 18.2 Å². The second-order valence-electron chi connectivity index (χ2n) is 4.62. The van der Waals surface area contributed by atoms with Crippen LogP contribution in [-0.2, 0) is 6.42 Å². The van der Waals surface area contributed by atoms with Crippen LogP contribution in [0.1, 0.15) is 24.8 Å². The molecule has 2 rings (SSSR count). The largest absolute Gasteiger partial charge is 0.495 e. The van der Waals surface area contributed by atoms with Gasteiger partial charge in [-0.25, -0.2) is 0 Å². The molecule has 0 atom stereocenters. The van der Waals surface area contributed by atoms with Gasteiger partial charge >= 0.3 is 0 Å². The van der Waals surface area contributed by atoms with Crippen molar-refractivity contribution in [2.45, 2.75) is 25.7 Å². The summed E-state index contributed by atoms with van der Waals surface area (Å²) in [5, 5.41) is 0.714. The molecule has 1 aromatic rings. The molecule has 2 nitrogen and oxygen atoms in total. The molecule has 1 saturated heterocycles. The van der Waals surface area contributed by atoms with E-state index in [9.17, 15) is 0 Å². The Morgan fingerprint density at radius 2 is 2.06 bits per heavy atom. The molecule has 94 valence electrons. The minimum atomic E-state index is 0.714. The Labute approximate surface area is 109 Å². The van der Waals surface area contributed by atoms with Crippen LogP contribution in [0, 0.1) is 0 Å². The van der Waals surface area contributed by atoms with Crippen molar-refractivity contribution in [3.8, 4) is 5.75 Å². The van der Waals surface area contributed by atoms with Crippen LogP contribution in [0.3, 0.4) is 0 Å². The number of aryl methyl sites for hydroxylation is 1. The first-order valence-corrected chi connectivity index (χ1v) is 6.72. The van der Waals surface area contributed by atoms with Gasteiger partial charge in [0.05, 0.1) is 12.1 Å². The molecule has 1 aliphatic rings. The maximum absolute atomic E-state index is 6.10. The number of hydrogen-bond donors (Lipinski definition) is 0. The zero-order valence-corrected chi connectivity index (χ0v) is 11.2. The molecule has 1 fully saturated rings. The van der Waals surface area contributed by atoms with Crippen molar-refractivity contribution in [1.29, 1.82) is 0 Å². The van der Waals surface area contributed by atoms with E-state index in [0.29, 0.717) is 5.02 Å². The summed E-state index contributed by atoms with van der Waals surface area (Å²) in [5.74, 6) is 0.759. The third-order valence-corrected chi connectivity index (χ3v) is 3.65. The maximum Gasteiger partial charge on any atom is 0.137 e. The number of halogens is 1. The highest BCUT2D eigenvalue weighted by molar-refractivity contribution is 6.32. The fraction of sp³-hybridized carbons (Fsp3) is 0.571. The van der Waals surface area contributed by atoms with E-state index in [-0.39, 0.29) is 0 Å². The molecule has 0 aliphatic carbocycles. The van der Waals surface area contributed by atoms with E-state index in [4.69, 9.17) is 16.3 Å². The number of hydrogen-bond acceptors (Lipinski definition) is 2. The highest BCUT2D eigenvalue weighted by Gasteiger charge is 2.10. The van der Waals surface area contributed by atoms with Crippen LogP contribution in [0.4, 0.5) is 0 Å². The Bertz CT molecular complexity index is 361. The molecule has 1 aliphatic heterocycles. The van der Waals surface area contributed by atoms with E-state index >= 15 is 0 Å². The zero-order valence-electron chi connectivity index (χ0n) is 10.4. The molecule has 0 saturated carbocycles. The van der Waals surface area contributed by atoms with Crippen LogP contribution < -0.4 is 4.74 Å². The summed E-state index contributed by atoms with van der Waals surface area (Å²) < 4.78 is 5.15. The first-order valence-electron chi connectivity index (χ1n) is 6.34. The number of methoxy groups -OCH3 is 1. The lowest BCUT2D eigenvalue weighted by Gasteiger charge is -2.14. The summed E-state index contributed by atoms with van der Waals surface area (Å²) in [4.78, 5) is 2.55. The van der Waals surface area contributed by atoms with Gasteiger partial charge in [-0.3, -0.25) is 0 Å². The molecule has 1 heterocycles. The predicted molar refractivity (Wildman–Crippen MR) is 72.0 cm³/mol. The van der Waals surface area contributed by atoms with Crippen molar-refractivity contribution in [1.82, 2.24) is 4.90 Å². The molecule has 1 aromatic carbocycles. The van der Waals surface area contributed by atoms with E-state index < -0.39 is 0 Å². The lowest BCUT2D eigenvalue weighted by atomic mass is 10.1. The Balaban J connectivity index is 1.80. The quantitative estimate of drug-likeness (QED) is 0.798. The molecule has 0 N–H and O–H groups in total. The molecule has 0 aromatic heterocycles. The third kappa shape index (κ3) is 3.62. The van der Waals surface area contributed by atoms with E-state index in [2.05, 4.69) is 11.0 Å². The van der Waals surface area contributed by atoms with Crippen molar-refractivity contribution in [3.05, 3.63) is 28.8 Å². The Hall–Kier alpha value is -0.730. The van der Waals surface area contributed by atoms with E-state index in [1.807, 2.05) is 12.1 Å². The van der Waals surface area contributed by atoms with Gasteiger partial charge in [0.25, 0.3) is 0 Å². The highest BCUT2D eigenvalue weighted by Crippen LogP contribution is 2.25. The van der Waals surface area contributed by atoms with Crippen molar-refractivity contribution in [3.63, 3.8) is 0 Å². The molecular formula is C14H20ClNO. The minimum absolute atomic E-state index is 0.714. The summed E-state index contributed by atoms with van der Waals surface area (Å²) in [5.41, 5.74) is 1.30. The van der Waals surface area contributed by atoms with Gasteiger partial charge in [-0.05, 0) is 63.0 Å². The Morgan fingerprint density at radius 1 is 1.29 bits per heavy atom. The third-order valence-electron chi connectivity index (χ3n) is 3.35. The van der Waals surface area contributed by atoms with E-state index in [1.54, 1.807) is 7.11 Å². The Morgan fingerprint density at radius 3 is 2.71 bits per heavy atom. The van der Waals surface area contributed by atoms with Crippen molar-refractivity contribution in [2.75, 3.05) is 26.7 Å². The monoisotopic (exact) mass is 253 g/mol. The lowest BCUT2D eigenvalue weighted by Crippen LogP contribution is -2.20. The SMILES string of the molecule is COc1ccc(CCCN2CCCC2)cc1Cl. The number of nitrogens with zero attached hydrogens (tertiary/aromatic N) is 1. The molecular weight excluding hydrogens is 234 g/mol. The van der Waals surface area contributed by atoms with Crippen LogP contribution >= 0.6 is 11.6 Å². The number of likely N-dealkylation sites (tertiary alicyclic amines) is 1. The summed E-state index contributed by atoms with van der Waals surface area (Å²) >= 11 is 6.10. The van der Waals surface area contributed by atoms with E-state index in [0.717, 1.165) is 12.2 Å². The maximum atomic E-state index is 6.10. The van der Waals surface area contributed by atoms with Crippen molar-refractivity contribution in [2.24, 2.45) is 0 Å². The van der Waals surface area contributed by atoms with Gasteiger partial charge in [0, 0.05) is 0 Å². The summed E-state index contributed by atoms with van der Waals surface area (Å²) in [6.45, 7) is 3.77. The van der Waals surface area contributed by atoms with Gasteiger partial charge in [0.2, 0.25) is 0 Å². The second-order valence-corrected chi connectivity index (χ2v) is 5.03. The fourth-order valence-corrected chi connectivity index (χ4v) is 2.66. The summed E-state index contributed by atoms with van der Waals surface area (Å²) in [7, 11) is 1.65. The molecule has 0 bridgehead atoms. The molecule has 0 spiro atoms. The van der Waals surface area contributed by atoms with Crippen LogP contribution in [0.25, 0.3) is 0 Å². The molecule has 0 amide bonds. The van der Waals surface area contributed by atoms with Crippen LogP contribution in [0.5, 0.6) is 5.75 Å². The number of benzene rings is 1. The normalized spacial score (nSPS) is 16.4.